The number of carboxylic acids is 1. The van der Waals surface area contributed by atoms with Crippen LogP contribution in [0.2, 0.25) is 0 Å². The molecule has 0 radical (unpaired) electrons. The zero-order valence-corrected chi connectivity index (χ0v) is 11.1. The second-order valence-corrected chi connectivity index (χ2v) is 3.92. The number of imide groups is 1. The molecule has 110 valence electrons. The molecule has 0 aromatic carbocycles. The van der Waals surface area contributed by atoms with Crippen molar-refractivity contribution in [1.29, 1.82) is 0 Å². The molecule has 0 fully saturated rings. The van der Waals surface area contributed by atoms with E-state index >= 15 is 0 Å². The smallest absolute Gasteiger partial charge is 0.358 e. The molecule has 1 aromatic rings. The lowest BCUT2D eigenvalue weighted by atomic mass is 10.2. The molecule has 0 bridgehead atoms. The molecule has 0 saturated heterocycles. The summed E-state index contributed by atoms with van der Waals surface area (Å²) in [5, 5.41) is 20.5. The molecule has 10 heteroatoms. The predicted octanol–water partition coefficient (Wildman–Crippen LogP) is -1.51. The number of urea groups is 1. The summed E-state index contributed by atoms with van der Waals surface area (Å²) in [4.78, 5) is 33.9. The summed E-state index contributed by atoms with van der Waals surface area (Å²) in [6, 6.07) is -1.56. The number of aromatic carboxylic acids is 1. The second kappa shape index (κ2) is 6.61. The molecule has 3 amide bonds. The summed E-state index contributed by atoms with van der Waals surface area (Å²) in [5.74, 6) is -1.89. The molecule has 1 unspecified atom stereocenters. The van der Waals surface area contributed by atoms with Crippen LogP contribution in [0.25, 0.3) is 0 Å². The third-order valence-electron chi connectivity index (χ3n) is 2.58. The lowest BCUT2D eigenvalue weighted by Crippen LogP contribution is -2.41. The van der Waals surface area contributed by atoms with E-state index in [-0.39, 0.29) is 24.4 Å². The van der Waals surface area contributed by atoms with Crippen LogP contribution in [0.5, 0.6) is 0 Å². The van der Waals surface area contributed by atoms with Gasteiger partial charge in [0.05, 0.1) is 5.69 Å². The highest BCUT2D eigenvalue weighted by Crippen LogP contribution is 2.13. The molecule has 0 aliphatic heterocycles. The number of nitrogens with zero attached hydrogens (tertiary/aromatic N) is 3. The fraction of sp³-hybridized carbons (Fsp3) is 0.500. The van der Waals surface area contributed by atoms with E-state index in [2.05, 4.69) is 20.9 Å². The van der Waals surface area contributed by atoms with E-state index in [1.165, 1.54) is 14.0 Å². The molecule has 10 nitrogen and oxygen atoms in total. The minimum absolute atomic E-state index is 0.178. The average molecular weight is 284 g/mol. The number of nitrogens with one attached hydrogen (secondary N) is 2. The van der Waals surface area contributed by atoms with Gasteiger partial charge in [0.25, 0.3) is 5.91 Å². The van der Waals surface area contributed by atoms with E-state index in [0.29, 0.717) is 0 Å². The lowest BCUT2D eigenvalue weighted by Gasteiger charge is -2.14. The molecule has 20 heavy (non-hydrogen) atoms. The van der Waals surface area contributed by atoms with Gasteiger partial charge in [-0.1, -0.05) is 5.21 Å². The first kappa shape index (κ1) is 15.6. The van der Waals surface area contributed by atoms with Gasteiger partial charge in [-0.15, -0.1) is 5.10 Å². The maximum atomic E-state index is 11.8. The Labute approximate surface area is 114 Å². The number of rotatable bonds is 5. The average Bonchev–Trinajstić information content (AvgIpc) is 2.81. The van der Waals surface area contributed by atoms with E-state index in [4.69, 9.17) is 10.8 Å². The summed E-state index contributed by atoms with van der Waals surface area (Å²) < 4.78 is 1.15. The first-order valence-electron chi connectivity index (χ1n) is 5.82. The van der Waals surface area contributed by atoms with Crippen molar-refractivity contribution in [1.82, 2.24) is 25.6 Å². The van der Waals surface area contributed by atoms with Crippen LogP contribution in [0, 0.1) is 0 Å². The summed E-state index contributed by atoms with van der Waals surface area (Å²) >= 11 is 0. The number of hydrogen-bond acceptors (Lipinski definition) is 6. The predicted molar refractivity (Wildman–Crippen MR) is 67.0 cm³/mol. The van der Waals surface area contributed by atoms with Gasteiger partial charge in [-0.2, -0.15) is 0 Å². The van der Waals surface area contributed by atoms with Crippen LogP contribution in [0.3, 0.4) is 0 Å². The van der Waals surface area contributed by atoms with Gasteiger partial charge in [0.15, 0.2) is 5.69 Å². The Morgan fingerprint density at radius 1 is 1.45 bits per heavy atom. The molecule has 0 aliphatic rings. The van der Waals surface area contributed by atoms with E-state index in [9.17, 15) is 14.4 Å². The summed E-state index contributed by atoms with van der Waals surface area (Å²) in [7, 11) is 1.37. The van der Waals surface area contributed by atoms with Gasteiger partial charge < -0.3 is 16.2 Å². The normalized spacial score (nSPS) is 11.8. The maximum absolute atomic E-state index is 11.8. The molecule has 0 spiro atoms. The molecular formula is C10H16N6O4. The highest BCUT2D eigenvalue weighted by atomic mass is 16.4. The Morgan fingerprint density at radius 2 is 2.10 bits per heavy atom. The van der Waals surface area contributed by atoms with Crippen molar-refractivity contribution in [2.24, 2.45) is 5.73 Å². The van der Waals surface area contributed by atoms with Crippen molar-refractivity contribution in [3.05, 3.63) is 11.4 Å². The first-order valence-corrected chi connectivity index (χ1v) is 5.82. The van der Waals surface area contributed by atoms with Gasteiger partial charge in [0.1, 0.15) is 6.04 Å². The van der Waals surface area contributed by atoms with Gasteiger partial charge in [0, 0.05) is 13.5 Å². The molecular weight excluding hydrogens is 268 g/mol. The van der Waals surface area contributed by atoms with Crippen LogP contribution in [-0.2, 0) is 11.2 Å². The number of carbonyl (C=O) groups is 3. The Hall–Kier alpha value is -2.49. The number of aromatic nitrogens is 3. The molecule has 1 rings (SSSR count). The summed E-state index contributed by atoms with van der Waals surface area (Å²) in [5.41, 5.74) is 5.39. The van der Waals surface area contributed by atoms with Gasteiger partial charge >= 0.3 is 12.0 Å². The third-order valence-corrected chi connectivity index (χ3v) is 2.58. The Morgan fingerprint density at radius 3 is 2.60 bits per heavy atom. The van der Waals surface area contributed by atoms with E-state index in [1.54, 1.807) is 0 Å². The van der Waals surface area contributed by atoms with Crippen molar-refractivity contribution in [3.8, 4) is 0 Å². The number of nitrogens with two attached hydrogens (primary N) is 1. The maximum Gasteiger partial charge on any atom is 0.358 e. The van der Waals surface area contributed by atoms with Crippen LogP contribution in [0.1, 0.15) is 29.1 Å². The molecule has 0 aliphatic carbocycles. The highest BCUT2D eigenvalue weighted by molar-refractivity contribution is 5.96. The Bertz CT molecular complexity index is 526. The monoisotopic (exact) mass is 284 g/mol. The zero-order valence-electron chi connectivity index (χ0n) is 11.1. The zero-order chi connectivity index (χ0) is 15.3. The number of carboxylic acid groups (broad SMARTS) is 1. The Kier molecular flexibility index (Phi) is 5.15. The standard InChI is InChI=1S/C10H16N6O4/c1-5(8(17)13-10(20)12-2)16-6(3-4-11)7(9(18)19)14-15-16/h5H,3-4,11H2,1-2H3,(H,18,19)(H2,12,13,17,20). The van der Waals surface area contributed by atoms with E-state index < -0.39 is 23.9 Å². The van der Waals surface area contributed by atoms with Crippen molar-refractivity contribution < 1.29 is 19.5 Å². The van der Waals surface area contributed by atoms with Crippen molar-refractivity contribution in [3.63, 3.8) is 0 Å². The quantitative estimate of drug-likeness (QED) is 0.513. The molecule has 0 saturated carbocycles. The fourth-order valence-electron chi connectivity index (χ4n) is 1.55. The number of hydrogen-bond donors (Lipinski definition) is 4. The van der Waals surface area contributed by atoms with Crippen LogP contribution in [0.15, 0.2) is 0 Å². The van der Waals surface area contributed by atoms with Gasteiger partial charge in [-0.3, -0.25) is 10.1 Å². The van der Waals surface area contributed by atoms with Gasteiger partial charge in [-0.25, -0.2) is 14.3 Å². The van der Waals surface area contributed by atoms with Gasteiger partial charge in [0.2, 0.25) is 0 Å². The van der Waals surface area contributed by atoms with Crippen molar-refractivity contribution in [2.45, 2.75) is 19.4 Å². The summed E-state index contributed by atoms with van der Waals surface area (Å²) in [6.07, 6.45) is 0.201. The number of amides is 3. The van der Waals surface area contributed by atoms with Crippen molar-refractivity contribution >= 4 is 17.9 Å². The van der Waals surface area contributed by atoms with Crippen LogP contribution in [0.4, 0.5) is 4.79 Å². The van der Waals surface area contributed by atoms with E-state index in [0.717, 1.165) is 4.68 Å². The van der Waals surface area contributed by atoms with Crippen LogP contribution in [-0.4, -0.2) is 51.6 Å². The third kappa shape index (κ3) is 3.29. The SMILES string of the molecule is CNC(=O)NC(=O)C(C)n1nnc(C(=O)O)c1CCN. The van der Waals surface area contributed by atoms with Gasteiger partial charge in [-0.05, 0) is 13.5 Å². The summed E-state index contributed by atoms with van der Waals surface area (Å²) in [6.45, 7) is 1.65. The topological polar surface area (TPSA) is 152 Å². The molecule has 1 atom stereocenters. The molecule has 1 aromatic heterocycles. The molecule has 1 heterocycles. The van der Waals surface area contributed by atoms with E-state index in [1.807, 2.05) is 0 Å². The van der Waals surface area contributed by atoms with Crippen molar-refractivity contribution in [2.75, 3.05) is 13.6 Å². The molecule has 5 N–H and O–H groups in total. The largest absolute Gasteiger partial charge is 0.476 e. The lowest BCUT2D eigenvalue weighted by molar-refractivity contribution is -0.123. The van der Waals surface area contributed by atoms with Crippen LogP contribution < -0.4 is 16.4 Å². The fourth-order valence-corrected chi connectivity index (χ4v) is 1.55. The first-order chi connectivity index (χ1) is 9.42. The minimum atomic E-state index is -1.25. The minimum Gasteiger partial charge on any atom is -0.476 e. The number of carbonyl (C=O) groups excluding carboxylic acids is 2. The second-order valence-electron chi connectivity index (χ2n) is 3.92. The highest BCUT2D eigenvalue weighted by Gasteiger charge is 2.25. The Balaban J connectivity index is 3.03. The van der Waals surface area contributed by atoms with Crippen LogP contribution >= 0.6 is 0 Å².